The van der Waals surface area contributed by atoms with Crippen LogP contribution in [0.4, 0.5) is 5.69 Å². The Bertz CT molecular complexity index is 1320. The van der Waals surface area contributed by atoms with Crippen molar-refractivity contribution in [3.05, 3.63) is 89.9 Å². The fourth-order valence-corrected chi connectivity index (χ4v) is 3.58. The van der Waals surface area contributed by atoms with E-state index in [-0.39, 0.29) is 22.9 Å². The van der Waals surface area contributed by atoms with Crippen LogP contribution in [0.5, 0.6) is 0 Å². The summed E-state index contributed by atoms with van der Waals surface area (Å²) in [5.74, 6) is 0.223. The van der Waals surface area contributed by atoms with Gasteiger partial charge in [-0.3, -0.25) is 14.6 Å². The van der Waals surface area contributed by atoms with Crippen molar-refractivity contribution in [2.45, 2.75) is 39.7 Å². The van der Waals surface area contributed by atoms with E-state index >= 15 is 0 Å². The molecule has 0 saturated carbocycles. The molecule has 2 amide bonds. The van der Waals surface area contributed by atoms with E-state index in [4.69, 9.17) is 4.42 Å². The van der Waals surface area contributed by atoms with Gasteiger partial charge < -0.3 is 15.1 Å². The number of aromatic nitrogens is 2. The number of nitrogens with zero attached hydrogens (tertiary/aromatic N) is 2. The summed E-state index contributed by atoms with van der Waals surface area (Å²) in [6.45, 7) is 8.25. The van der Waals surface area contributed by atoms with Crippen LogP contribution >= 0.6 is 0 Å². The van der Waals surface area contributed by atoms with Gasteiger partial charge >= 0.3 is 0 Å². The number of nitrogens with one attached hydrogen (secondary N) is 2. The predicted molar refractivity (Wildman–Crippen MR) is 136 cm³/mol. The highest BCUT2D eigenvalue weighted by Crippen LogP contribution is 2.32. The molecule has 178 valence electrons. The number of carbonyl (C=O) groups excluding carboxylic acids is 2. The molecule has 0 radical (unpaired) electrons. The minimum atomic E-state index is -0.343. The number of hydrogen-bond acceptors (Lipinski definition) is 5. The Morgan fingerprint density at radius 3 is 2.11 bits per heavy atom. The summed E-state index contributed by atoms with van der Waals surface area (Å²) in [6.07, 6.45) is 3.36. The van der Waals surface area contributed by atoms with Crippen LogP contribution < -0.4 is 10.6 Å². The zero-order chi connectivity index (χ0) is 25.0. The van der Waals surface area contributed by atoms with Crippen LogP contribution in [-0.4, -0.2) is 21.8 Å². The summed E-state index contributed by atoms with van der Waals surface area (Å²) in [7, 11) is 0. The number of anilines is 1. The van der Waals surface area contributed by atoms with E-state index < -0.39 is 0 Å². The summed E-state index contributed by atoms with van der Waals surface area (Å²) >= 11 is 0. The van der Waals surface area contributed by atoms with Crippen molar-refractivity contribution in [3.63, 3.8) is 0 Å². The molecule has 7 heteroatoms. The first kappa shape index (κ1) is 23.9. The fraction of sp³-hybridized carbons (Fsp3) is 0.214. The predicted octanol–water partition coefficient (Wildman–Crippen LogP) is 5.59. The van der Waals surface area contributed by atoms with E-state index in [1.807, 2.05) is 36.4 Å². The Labute approximate surface area is 204 Å². The molecule has 0 atom stereocenters. The first-order chi connectivity index (χ1) is 16.7. The molecule has 0 saturated heterocycles. The second-order valence-corrected chi connectivity index (χ2v) is 9.32. The Morgan fingerprint density at radius 2 is 1.51 bits per heavy atom. The number of carbonyl (C=O) groups is 2. The summed E-state index contributed by atoms with van der Waals surface area (Å²) < 4.78 is 6.14. The zero-order valence-electron chi connectivity index (χ0n) is 20.3. The summed E-state index contributed by atoms with van der Waals surface area (Å²) in [5, 5.41) is 5.65. The SMILES string of the molecule is CC(=O)Nc1ccc(-c2oc(-c3ccc(C(C)(C)C)cc3)nc2C(=O)NCc2ccncc2)cc1. The molecule has 0 spiro atoms. The van der Waals surface area contributed by atoms with Crippen LogP contribution in [0.3, 0.4) is 0 Å². The van der Waals surface area contributed by atoms with E-state index in [1.165, 1.54) is 12.5 Å². The Balaban J connectivity index is 1.68. The lowest BCUT2D eigenvalue weighted by atomic mass is 9.87. The smallest absolute Gasteiger partial charge is 0.274 e. The van der Waals surface area contributed by atoms with E-state index in [0.717, 1.165) is 11.1 Å². The van der Waals surface area contributed by atoms with Gasteiger partial charge in [0, 0.05) is 42.7 Å². The molecule has 0 fully saturated rings. The number of benzene rings is 2. The van der Waals surface area contributed by atoms with E-state index in [2.05, 4.69) is 41.4 Å². The molecule has 0 aliphatic heterocycles. The molecule has 35 heavy (non-hydrogen) atoms. The van der Waals surface area contributed by atoms with Crippen molar-refractivity contribution in [2.24, 2.45) is 0 Å². The molecular formula is C28H28N4O3. The quantitative estimate of drug-likeness (QED) is 0.384. The normalized spacial score (nSPS) is 11.2. The highest BCUT2D eigenvalue weighted by atomic mass is 16.4. The fourth-order valence-electron chi connectivity index (χ4n) is 3.58. The molecule has 2 N–H and O–H groups in total. The first-order valence-electron chi connectivity index (χ1n) is 11.4. The molecule has 4 rings (SSSR count). The maximum Gasteiger partial charge on any atom is 0.274 e. The summed E-state index contributed by atoms with van der Waals surface area (Å²) in [5.41, 5.74) is 4.45. The second-order valence-electron chi connectivity index (χ2n) is 9.32. The lowest BCUT2D eigenvalue weighted by Gasteiger charge is -2.18. The van der Waals surface area contributed by atoms with Crippen molar-refractivity contribution in [3.8, 4) is 22.8 Å². The molecule has 0 aliphatic rings. The minimum Gasteiger partial charge on any atom is -0.435 e. The van der Waals surface area contributed by atoms with Crippen LogP contribution in [0.25, 0.3) is 22.8 Å². The lowest BCUT2D eigenvalue weighted by Crippen LogP contribution is -2.23. The lowest BCUT2D eigenvalue weighted by molar-refractivity contribution is -0.114. The molecule has 0 bridgehead atoms. The van der Waals surface area contributed by atoms with Gasteiger partial charge in [-0.1, -0.05) is 32.9 Å². The minimum absolute atomic E-state index is 0.0218. The molecule has 7 nitrogen and oxygen atoms in total. The number of amides is 2. The van der Waals surface area contributed by atoms with Gasteiger partial charge in [0.05, 0.1) is 0 Å². The average molecular weight is 469 g/mol. The molecule has 4 aromatic rings. The second kappa shape index (κ2) is 9.93. The van der Waals surface area contributed by atoms with Gasteiger partial charge in [0.1, 0.15) is 0 Å². The van der Waals surface area contributed by atoms with Crippen molar-refractivity contribution < 1.29 is 14.0 Å². The highest BCUT2D eigenvalue weighted by Gasteiger charge is 2.23. The van der Waals surface area contributed by atoms with Gasteiger partial charge in [0.25, 0.3) is 5.91 Å². The molecule has 2 aromatic carbocycles. The third-order valence-corrected chi connectivity index (χ3v) is 5.51. The molecule has 2 aromatic heterocycles. The van der Waals surface area contributed by atoms with Gasteiger partial charge in [-0.2, -0.15) is 0 Å². The molecular weight excluding hydrogens is 440 g/mol. The van der Waals surface area contributed by atoms with Gasteiger partial charge in [-0.15, -0.1) is 0 Å². The third-order valence-electron chi connectivity index (χ3n) is 5.51. The topological polar surface area (TPSA) is 97.1 Å². The van der Waals surface area contributed by atoms with E-state index in [9.17, 15) is 9.59 Å². The number of hydrogen-bond donors (Lipinski definition) is 2. The van der Waals surface area contributed by atoms with Gasteiger partial charge in [0.2, 0.25) is 11.8 Å². The van der Waals surface area contributed by atoms with Crippen molar-refractivity contribution >= 4 is 17.5 Å². The van der Waals surface area contributed by atoms with Crippen molar-refractivity contribution in [1.82, 2.24) is 15.3 Å². The maximum atomic E-state index is 13.1. The summed E-state index contributed by atoms with van der Waals surface area (Å²) in [6, 6.07) is 18.8. The van der Waals surface area contributed by atoms with Gasteiger partial charge in [0.15, 0.2) is 11.5 Å². The molecule has 0 aliphatic carbocycles. The molecule has 0 unspecified atom stereocenters. The standard InChI is InChI=1S/C28H28N4O3/c1-18(33)31-23-11-7-20(8-12-23)25-24(26(34)30-17-19-13-15-29-16-14-19)32-27(35-25)21-5-9-22(10-6-21)28(2,3)4/h5-16H,17H2,1-4H3,(H,30,34)(H,31,33). The largest absolute Gasteiger partial charge is 0.435 e. The van der Waals surface area contributed by atoms with Gasteiger partial charge in [-0.05, 0) is 65.1 Å². The van der Waals surface area contributed by atoms with Crippen LogP contribution in [0.2, 0.25) is 0 Å². The number of oxazole rings is 1. The first-order valence-corrected chi connectivity index (χ1v) is 11.4. The van der Waals surface area contributed by atoms with Crippen LogP contribution in [-0.2, 0) is 16.8 Å². The van der Waals surface area contributed by atoms with Gasteiger partial charge in [-0.25, -0.2) is 4.98 Å². The van der Waals surface area contributed by atoms with E-state index in [1.54, 1.807) is 36.7 Å². The van der Waals surface area contributed by atoms with Crippen LogP contribution in [0.1, 0.15) is 49.3 Å². The average Bonchev–Trinajstić information content (AvgIpc) is 3.28. The van der Waals surface area contributed by atoms with Crippen molar-refractivity contribution in [2.75, 3.05) is 5.32 Å². The number of rotatable bonds is 6. The molecule has 2 heterocycles. The van der Waals surface area contributed by atoms with Crippen LogP contribution in [0.15, 0.2) is 77.5 Å². The Hall–Kier alpha value is -4.26. The number of pyridine rings is 1. The van der Waals surface area contributed by atoms with Crippen molar-refractivity contribution in [1.29, 1.82) is 0 Å². The highest BCUT2D eigenvalue weighted by molar-refractivity contribution is 5.98. The third kappa shape index (κ3) is 5.81. The van der Waals surface area contributed by atoms with E-state index in [0.29, 0.717) is 29.4 Å². The monoisotopic (exact) mass is 468 g/mol. The summed E-state index contributed by atoms with van der Waals surface area (Å²) in [4.78, 5) is 33.1. The Kier molecular flexibility index (Phi) is 6.78. The zero-order valence-corrected chi connectivity index (χ0v) is 20.3. The maximum absolute atomic E-state index is 13.1. The Morgan fingerprint density at radius 1 is 0.886 bits per heavy atom. The van der Waals surface area contributed by atoms with Crippen LogP contribution in [0, 0.1) is 0 Å².